The molecule has 0 radical (unpaired) electrons. The van der Waals surface area contributed by atoms with Crippen molar-refractivity contribution in [2.24, 2.45) is 0 Å². The Bertz CT molecular complexity index is 548. The third kappa shape index (κ3) is 2.76. The van der Waals surface area contributed by atoms with E-state index in [2.05, 4.69) is 43.2 Å². The SMILES string of the molecule is C=Cn1nnc(NC(=O)c2ccc(Br)cc2)n1. The Hall–Kier alpha value is -2.02. The Morgan fingerprint density at radius 3 is 2.71 bits per heavy atom. The number of nitrogens with zero attached hydrogens (tertiary/aromatic N) is 4. The molecule has 0 atom stereocenters. The van der Waals surface area contributed by atoms with Gasteiger partial charge in [-0.1, -0.05) is 27.6 Å². The molecular formula is C10H8BrN5O. The fourth-order valence-corrected chi connectivity index (χ4v) is 1.39. The summed E-state index contributed by atoms with van der Waals surface area (Å²) >= 11 is 3.29. The van der Waals surface area contributed by atoms with Crippen molar-refractivity contribution in [1.82, 2.24) is 20.2 Å². The van der Waals surface area contributed by atoms with Crippen LogP contribution in [0.4, 0.5) is 5.95 Å². The third-order valence-corrected chi connectivity index (χ3v) is 2.45. The maximum atomic E-state index is 11.8. The normalized spacial score (nSPS) is 9.94. The molecule has 0 bridgehead atoms. The zero-order valence-corrected chi connectivity index (χ0v) is 10.3. The molecule has 86 valence electrons. The molecule has 0 saturated carbocycles. The van der Waals surface area contributed by atoms with Crippen molar-refractivity contribution < 1.29 is 4.79 Å². The standard InChI is InChI=1S/C10H8BrN5O/c1-2-16-14-10(13-15-16)12-9(17)7-3-5-8(11)6-4-7/h2-6H,1H2,(H,12,14,17). The minimum Gasteiger partial charge on any atom is -0.288 e. The highest BCUT2D eigenvalue weighted by molar-refractivity contribution is 9.10. The number of aromatic nitrogens is 4. The smallest absolute Gasteiger partial charge is 0.270 e. The van der Waals surface area contributed by atoms with Crippen LogP contribution in [-0.2, 0) is 0 Å². The van der Waals surface area contributed by atoms with Crippen molar-refractivity contribution in [2.75, 3.05) is 5.32 Å². The van der Waals surface area contributed by atoms with Gasteiger partial charge in [0, 0.05) is 16.2 Å². The summed E-state index contributed by atoms with van der Waals surface area (Å²) < 4.78 is 0.907. The molecule has 2 rings (SSSR count). The number of benzene rings is 1. The second-order valence-corrected chi connectivity index (χ2v) is 3.99. The summed E-state index contributed by atoms with van der Waals surface area (Å²) in [7, 11) is 0. The number of anilines is 1. The van der Waals surface area contributed by atoms with Crippen LogP contribution >= 0.6 is 15.9 Å². The van der Waals surface area contributed by atoms with Gasteiger partial charge < -0.3 is 0 Å². The van der Waals surface area contributed by atoms with Gasteiger partial charge in [0.1, 0.15) is 0 Å². The summed E-state index contributed by atoms with van der Waals surface area (Å²) in [6, 6.07) is 6.94. The first-order valence-electron chi connectivity index (χ1n) is 4.68. The van der Waals surface area contributed by atoms with Crippen molar-refractivity contribution in [3.63, 3.8) is 0 Å². The van der Waals surface area contributed by atoms with Crippen LogP contribution in [-0.4, -0.2) is 26.1 Å². The van der Waals surface area contributed by atoms with Crippen LogP contribution in [0.1, 0.15) is 10.4 Å². The Morgan fingerprint density at radius 2 is 2.12 bits per heavy atom. The van der Waals surface area contributed by atoms with Crippen LogP contribution in [0.25, 0.3) is 6.20 Å². The highest BCUT2D eigenvalue weighted by Crippen LogP contribution is 2.11. The molecule has 0 aliphatic carbocycles. The summed E-state index contributed by atoms with van der Waals surface area (Å²) in [6.45, 7) is 3.47. The minimum atomic E-state index is -0.291. The van der Waals surface area contributed by atoms with Crippen molar-refractivity contribution in [3.8, 4) is 0 Å². The summed E-state index contributed by atoms with van der Waals surface area (Å²) in [4.78, 5) is 12.9. The molecule has 0 aliphatic heterocycles. The molecule has 1 amide bonds. The molecule has 1 heterocycles. The van der Waals surface area contributed by atoms with Gasteiger partial charge in [-0.05, 0) is 29.5 Å². The highest BCUT2D eigenvalue weighted by atomic mass is 79.9. The molecule has 7 heteroatoms. The number of rotatable bonds is 3. The molecule has 1 N–H and O–H groups in total. The van der Waals surface area contributed by atoms with Crippen molar-refractivity contribution in [1.29, 1.82) is 0 Å². The topological polar surface area (TPSA) is 72.7 Å². The van der Waals surface area contributed by atoms with Crippen LogP contribution < -0.4 is 5.32 Å². The molecule has 0 spiro atoms. The van der Waals surface area contributed by atoms with Gasteiger partial charge in [-0.15, -0.1) is 9.90 Å². The van der Waals surface area contributed by atoms with Crippen molar-refractivity contribution in [3.05, 3.63) is 40.9 Å². The number of halogens is 1. The number of carbonyl (C=O) groups excluding carboxylic acids is 1. The number of carbonyl (C=O) groups is 1. The molecule has 6 nitrogen and oxygen atoms in total. The minimum absolute atomic E-state index is 0.137. The molecule has 0 fully saturated rings. The van der Waals surface area contributed by atoms with Gasteiger partial charge in [0.2, 0.25) is 0 Å². The average molecular weight is 294 g/mol. The fourth-order valence-electron chi connectivity index (χ4n) is 1.13. The molecule has 1 aromatic heterocycles. The molecule has 0 aliphatic rings. The third-order valence-electron chi connectivity index (χ3n) is 1.92. The van der Waals surface area contributed by atoms with E-state index in [0.29, 0.717) is 5.56 Å². The van der Waals surface area contributed by atoms with Crippen LogP contribution in [0.15, 0.2) is 35.3 Å². The Balaban J connectivity index is 2.11. The lowest BCUT2D eigenvalue weighted by atomic mass is 10.2. The van der Waals surface area contributed by atoms with Gasteiger partial charge in [0.25, 0.3) is 11.9 Å². The number of hydrogen-bond acceptors (Lipinski definition) is 4. The maximum absolute atomic E-state index is 11.8. The number of amides is 1. The maximum Gasteiger partial charge on any atom is 0.270 e. The zero-order valence-electron chi connectivity index (χ0n) is 8.67. The lowest BCUT2D eigenvalue weighted by molar-refractivity contribution is 0.102. The second-order valence-electron chi connectivity index (χ2n) is 3.08. The first-order chi connectivity index (χ1) is 8.19. The summed E-state index contributed by atoms with van der Waals surface area (Å²) in [5.41, 5.74) is 0.517. The van der Waals surface area contributed by atoms with Gasteiger partial charge >= 0.3 is 0 Å². The van der Waals surface area contributed by atoms with Crippen LogP contribution in [0.5, 0.6) is 0 Å². The predicted octanol–water partition coefficient (Wildman–Crippen LogP) is 1.79. The summed E-state index contributed by atoms with van der Waals surface area (Å²) in [5, 5.41) is 13.6. The first-order valence-corrected chi connectivity index (χ1v) is 5.47. The predicted molar refractivity (Wildman–Crippen MR) is 66.3 cm³/mol. The van der Waals surface area contributed by atoms with Crippen LogP contribution in [0.2, 0.25) is 0 Å². The summed E-state index contributed by atoms with van der Waals surface area (Å²) in [5.74, 6) is -0.154. The van der Waals surface area contributed by atoms with Crippen LogP contribution in [0, 0.1) is 0 Å². The van der Waals surface area contributed by atoms with Gasteiger partial charge in [0.05, 0.1) is 0 Å². The fraction of sp³-hybridized carbons (Fsp3) is 0. The van der Waals surface area contributed by atoms with Gasteiger partial charge in [-0.3, -0.25) is 10.1 Å². The van der Waals surface area contributed by atoms with E-state index in [1.54, 1.807) is 24.3 Å². The molecule has 0 saturated heterocycles. The Morgan fingerprint density at radius 1 is 1.41 bits per heavy atom. The Labute approximate surface area is 105 Å². The van der Waals surface area contributed by atoms with E-state index >= 15 is 0 Å². The van der Waals surface area contributed by atoms with E-state index in [1.807, 2.05) is 0 Å². The van der Waals surface area contributed by atoms with Gasteiger partial charge in [-0.2, -0.15) is 0 Å². The van der Waals surface area contributed by atoms with E-state index in [0.717, 1.165) is 9.27 Å². The largest absolute Gasteiger partial charge is 0.288 e. The van der Waals surface area contributed by atoms with Gasteiger partial charge in [0.15, 0.2) is 0 Å². The molecule has 17 heavy (non-hydrogen) atoms. The monoisotopic (exact) mass is 293 g/mol. The number of hydrogen-bond donors (Lipinski definition) is 1. The molecule has 1 aromatic carbocycles. The summed E-state index contributed by atoms with van der Waals surface area (Å²) in [6.07, 6.45) is 1.38. The van der Waals surface area contributed by atoms with Gasteiger partial charge in [-0.25, -0.2) is 0 Å². The lowest BCUT2D eigenvalue weighted by Crippen LogP contribution is -2.13. The van der Waals surface area contributed by atoms with Crippen molar-refractivity contribution in [2.45, 2.75) is 0 Å². The highest BCUT2D eigenvalue weighted by Gasteiger charge is 2.08. The molecule has 0 unspecified atom stereocenters. The number of nitrogens with one attached hydrogen (secondary N) is 1. The first kappa shape index (κ1) is 11.5. The van der Waals surface area contributed by atoms with E-state index in [4.69, 9.17) is 0 Å². The van der Waals surface area contributed by atoms with E-state index < -0.39 is 0 Å². The van der Waals surface area contributed by atoms with E-state index in [1.165, 1.54) is 6.20 Å². The molecular weight excluding hydrogens is 286 g/mol. The number of tetrazole rings is 1. The Kier molecular flexibility index (Phi) is 3.29. The molecule has 2 aromatic rings. The lowest BCUT2D eigenvalue weighted by Gasteiger charge is -2.00. The zero-order chi connectivity index (χ0) is 12.3. The van der Waals surface area contributed by atoms with Crippen LogP contribution in [0.3, 0.4) is 0 Å². The quantitative estimate of drug-likeness (QED) is 0.936. The van der Waals surface area contributed by atoms with E-state index in [-0.39, 0.29) is 11.9 Å². The second kappa shape index (κ2) is 4.88. The average Bonchev–Trinajstić information content (AvgIpc) is 2.77. The van der Waals surface area contributed by atoms with E-state index in [9.17, 15) is 4.79 Å². The van der Waals surface area contributed by atoms with Crippen molar-refractivity contribution >= 4 is 34.0 Å².